The van der Waals surface area contributed by atoms with Crippen LogP contribution in [0.15, 0.2) is 40.3 Å². The minimum Gasteiger partial charge on any atom is -0.326 e. The van der Waals surface area contributed by atoms with Crippen LogP contribution in [0.5, 0.6) is 0 Å². The van der Waals surface area contributed by atoms with Gasteiger partial charge in [-0.05, 0) is 24.6 Å². The number of benzene rings is 1. The molecule has 1 amide bonds. The number of halogens is 1. The second-order valence-electron chi connectivity index (χ2n) is 5.32. The molecule has 3 rings (SSSR count). The molecule has 7 heteroatoms. The van der Waals surface area contributed by atoms with Crippen molar-refractivity contribution >= 4 is 35.0 Å². The Hall–Kier alpha value is -1.79. The van der Waals surface area contributed by atoms with E-state index in [4.69, 9.17) is 11.6 Å². The van der Waals surface area contributed by atoms with Crippen molar-refractivity contribution in [1.29, 1.82) is 0 Å². The summed E-state index contributed by atoms with van der Waals surface area (Å²) in [5.41, 5.74) is 1.36. The van der Waals surface area contributed by atoms with Gasteiger partial charge >= 0.3 is 0 Å². The standard InChI is InChI=1S/C16H16ClN3O2S/c1-2-11-7-15(22)20-13(9-23-16(20)19-11)8-14(21)18-12-5-3-4-10(17)6-12/h3-7,13H,2,8-9H2,1H3,(H,18,21). The predicted octanol–water partition coefficient (Wildman–Crippen LogP) is 3.13. The minimum absolute atomic E-state index is 0.0857. The van der Waals surface area contributed by atoms with Crippen LogP contribution in [0.1, 0.15) is 25.1 Å². The van der Waals surface area contributed by atoms with E-state index in [0.29, 0.717) is 21.6 Å². The van der Waals surface area contributed by atoms with Crippen molar-refractivity contribution in [3.8, 4) is 0 Å². The van der Waals surface area contributed by atoms with E-state index in [1.54, 1.807) is 34.9 Å². The minimum atomic E-state index is -0.167. The van der Waals surface area contributed by atoms with Gasteiger partial charge in [-0.25, -0.2) is 4.98 Å². The van der Waals surface area contributed by atoms with Gasteiger partial charge < -0.3 is 5.32 Å². The van der Waals surface area contributed by atoms with Crippen molar-refractivity contribution in [2.45, 2.75) is 31.0 Å². The number of rotatable bonds is 4. The summed E-state index contributed by atoms with van der Waals surface area (Å²) in [4.78, 5) is 28.9. The Morgan fingerprint density at radius 2 is 2.30 bits per heavy atom. The van der Waals surface area contributed by atoms with Crippen molar-refractivity contribution in [3.63, 3.8) is 0 Å². The quantitative estimate of drug-likeness (QED) is 0.861. The molecule has 2 heterocycles. The molecule has 0 bridgehead atoms. The number of hydrogen-bond donors (Lipinski definition) is 1. The Bertz CT molecular complexity index is 806. The van der Waals surface area contributed by atoms with Crippen LogP contribution in [-0.4, -0.2) is 21.2 Å². The van der Waals surface area contributed by atoms with Crippen LogP contribution < -0.4 is 10.9 Å². The van der Waals surface area contributed by atoms with Gasteiger partial charge in [-0.15, -0.1) is 0 Å². The first-order chi connectivity index (χ1) is 11.1. The lowest BCUT2D eigenvalue weighted by Gasteiger charge is -2.13. The summed E-state index contributed by atoms with van der Waals surface area (Å²) in [6.07, 6.45) is 0.961. The molecule has 1 aromatic heterocycles. The number of aromatic nitrogens is 2. The van der Waals surface area contributed by atoms with Crippen LogP contribution in [-0.2, 0) is 11.2 Å². The molecule has 1 aliphatic heterocycles. The lowest BCUT2D eigenvalue weighted by Crippen LogP contribution is -2.27. The molecule has 1 aromatic carbocycles. The Balaban J connectivity index is 1.73. The van der Waals surface area contributed by atoms with Gasteiger partial charge in [-0.3, -0.25) is 14.2 Å². The molecule has 1 aliphatic rings. The molecule has 0 aliphatic carbocycles. The molecule has 1 unspecified atom stereocenters. The van der Waals surface area contributed by atoms with Crippen LogP contribution in [0.4, 0.5) is 5.69 Å². The van der Waals surface area contributed by atoms with Gasteiger partial charge in [0.1, 0.15) is 0 Å². The van der Waals surface area contributed by atoms with Gasteiger partial charge in [0.2, 0.25) is 5.91 Å². The van der Waals surface area contributed by atoms with E-state index in [9.17, 15) is 9.59 Å². The van der Waals surface area contributed by atoms with Crippen molar-refractivity contribution in [1.82, 2.24) is 9.55 Å². The molecule has 0 saturated carbocycles. The highest BCUT2D eigenvalue weighted by Gasteiger charge is 2.27. The monoisotopic (exact) mass is 349 g/mol. The van der Waals surface area contributed by atoms with Gasteiger partial charge in [0.05, 0.1) is 6.04 Å². The number of aryl methyl sites for hydroxylation is 1. The smallest absolute Gasteiger partial charge is 0.254 e. The lowest BCUT2D eigenvalue weighted by molar-refractivity contribution is -0.116. The number of thioether (sulfide) groups is 1. The SMILES string of the molecule is CCc1cc(=O)n2c(n1)SCC2CC(=O)Nc1cccc(Cl)c1. The fraction of sp³-hybridized carbons (Fsp3) is 0.312. The lowest BCUT2D eigenvalue weighted by atomic mass is 10.2. The number of nitrogens with one attached hydrogen (secondary N) is 1. The fourth-order valence-electron chi connectivity index (χ4n) is 2.52. The number of carbonyl (C=O) groups excluding carboxylic acids is 1. The van der Waals surface area contributed by atoms with E-state index in [1.165, 1.54) is 11.8 Å². The van der Waals surface area contributed by atoms with E-state index < -0.39 is 0 Å². The Kier molecular flexibility index (Phi) is 4.73. The van der Waals surface area contributed by atoms with Gasteiger partial charge in [-0.2, -0.15) is 0 Å². The third kappa shape index (κ3) is 3.59. The Labute approximate surface area is 143 Å². The number of fused-ring (bicyclic) bond motifs is 1. The highest BCUT2D eigenvalue weighted by Crippen LogP contribution is 2.32. The van der Waals surface area contributed by atoms with Crippen molar-refractivity contribution in [2.24, 2.45) is 0 Å². The zero-order valence-electron chi connectivity index (χ0n) is 12.6. The molecule has 120 valence electrons. The zero-order chi connectivity index (χ0) is 16.4. The molecule has 0 fully saturated rings. The molecule has 0 spiro atoms. The molecule has 1 atom stereocenters. The first-order valence-corrected chi connectivity index (χ1v) is 8.74. The van der Waals surface area contributed by atoms with Gasteiger partial charge in [0.25, 0.3) is 5.56 Å². The Morgan fingerprint density at radius 3 is 3.04 bits per heavy atom. The topological polar surface area (TPSA) is 64.0 Å². The molecular formula is C16H16ClN3O2S. The van der Waals surface area contributed by atoms with Crippen LogP contribution in [0, 0.1) is 0 Å². The maximum Gasteiger partial charge on any atom is 0.254 e. The summed E-state index contributed by atoms with van der Waals surface area (Å²) >= 11 is 7.43. The van der Waals surface area contributed by atoms with Crippen LogP contribution in [0.2, 0.25) is 5.02 Å². The molecule has 2 aromatic rings. The van der Waals surface area contributed by atoms with E-state index in [2.05, 4.69) is 10.3 Å². The first kappa shape index (κ1) is 16.1. The molecule has 5 nitrogen and oxygen atoms in total. The molecule has 0 saturated heterocycles. The molecule has 23 heavy (non-hydrogen) atoms. The fourth-order valence-corrected chi connectivity index (χ4v) is 3.88. The summed E-state index contributed by atoms with van der Waals surface area (Å²) < 4.78 is 1.63. The Morgan fingerprint density at radius 1 is 1.48 bits per heavy atom. The van der Waals surface area contributed by atoms with E-state index in [-0.39, 0.29) is 23.9 Å². The maximum absolute atomic E-state index is 12.2. The van der Waals surface area contributed by atoms with E-state index >= 15 is 0 Å². The number of amides is 1. The summed E-state index contributed by atoms with van der Waals surface area (Å²) in [5, 5.41) is 4.08. The average molecular weight is 350 g/mol. The summed E-state index contributed by atoms with van der Waals surface area (Å²) in [6.45, 7) is 1.97. The number of nitrogens with zero attached hydrogens (tertiary/aromatic N) is 2. The van der Waals surface area contributed by atoms with Crippen molar-refractivity contribution < 1.29 is 4.79 Å². The summed E-state index contributed by atoms with van der Waals surface area (Å²) in [5.74, 6) is 0.537. The second-order valence-corrected chi connectivity index (χ2v) is 6.74. The van der Waals surface area contributed by atoms with E-state index in [0.717, 1.165) is 12.1 Å². The number of carbonyl (C=O) groups is 1. The second kappa shape index (κ2) is 6.76. The van der Waals surface area contributed by atoms with Gasteiger partial charge in [-0.1, -0.05) is 36.4 Å². The number of hydrogen-bond acceptors (Lipinski definition) is 4. The largest absolute Gasteiger partial charge is 0.326 e. The third-order valence-electron chi connectivity index (χ3n) is 3.63. The van der Waals surface area contributed by atoms with Crippen LogP contribution in [0.3, 0.4) is 0 Å². The zero-order valence-corrected chi connectivity index (χ0v) is 14.2. The maximum atomic E-state index is 12.2. The average Bonchev–Trinajstić information content (AvgIpc) is 2.90. The van der Waals surface area contributed by atoms with Crippen LogP contribution in [0.25, 0.3) is 0 Å². The van der Waals surface area contributed by atoms with Crippen molar-refractivity contribution in [3.05, 3.63) is 51.4 Å². The van der Waals surface area contributed by atoms with Gasteiger partial charge in [0.15, 0.2) is 5.16 Å². The molecule has 1 N–H and O–H groups in total. The first-order valence-electron chi connectivity index (χ1n) is 7.37. The normalized spacial score (nSPS) is 16.2. The van der Waals surface area contributed by atoms with E-state index in [1.807, 2.05) is 6.92 Å². The number of anilines is 1. The highest BCUT2D eigenvalue weighted by molar-refractivity contribution is 7.99. The molecular weight excluding hydrogens is 334 g/mol. The predicted molar refractivity (Wildman–Crippen MR) is 92.3 cm³/mol. The molecule has 0 radical (unpaired) electrons. The van der Waals surface area contributed by atoms with Gasteiger partial charge in [0, 0.05) is 34.6 Å². The third-order valence-corrected chi connectivity index (χ3v) is 4.97. The van der Waals surface area contributed by atoms with Crippen LogP contribution >= 0.6 is 23.4 Å². The highest BCUT2D eigenvalue weighted by atomic mass is 35.5. The summed E-state index contributed by atoms with van der Waals surface area (Å²) in [6, 6.07) is 8.38. The van der Waals surface area contributed by atoms with Crippen molar-refractivity contribution in [2.75, 3.05) is 11.1 Å². The summed E-state index contributed by atoms with van der Waals surface area (Å²) in [7, 11) is 0.